The molecule has 1 aliphatic heterocycles. The summed E-state index contributed by atoms with van der Waals surface area (Å²) >= 11 is 27.9. The zero-order chi connectivity index (χ0) is 58.3. The van der Waals surface area contributed by atoms with Gasteiger partial charge in [-0.05, 0) is 104 Å². The first-order chi connectivity index (χ1) is 38.7. The summed E-state index contributed by atoms with van der Waals surface area (Å²) in [5.41, 5.74) is 9.20. The summed E-state index contributed by atoms with van der Waals surface area (Å²) in [7, 11) is 5.26. The molecule has 0 saturated carbocycles. The summed E-state index contributed by atoms with van der Waals surface area (Å²) in [6.07, 6.45) is 11.6. The average molecular weight is 1320 g/mol. The Kier molecular flexibility index (Phi) is 18.7. The molecule has 0 aliphatic carbocycles. The van der Waals surface area contributed by atoms with E-state index in [-0.39, 0.29) is 18.3 Å². The predicted octanol–water partition coefficient (Wildman–Crippen LogP) is 16.9. The van der Waals surface area contributed by atoms with E-state index in [4.69, 9.17) is 70.4 Å². The SMILES string of the molecule is Cn1nccc1B1OC(C)(C)C(C)(C)O1.[C-]#[N+]c1c(-c2c(Br)cnn2C)ccc2ncc(Cl)cc12.[C-]#[N+]c1c(-c2ccnn2C)ccc2ncc(Cl)cc12.[C-]#[N+]c1c(Br)ccc2ncc(Cl)cc12.[C-]#[N+]c1c(Br)ccc2ncccc12. The normalized spacial score (nSPS) is 12.8. The molecule has 0 spiro atoms. The summed E-state index contributed by atoms with van der Waals surface area (Å²) in [6, 6.07) is 27.8. The van der Waals surface area contributed by atoms with Gasteiger partial charge >= 0.3 is 7.12 Å². The van der Waals surface area contributed by atoms with Crippen LogP contribution in [0.1, 0.15) is 27.7 Å². The Balaban J connectivity index is 0.000000134. The molecule has 1 fully saturated rings. The molecule has 81 heavy (non-hydrogen) atoms. The third-order valence-corrected chi connectivity index (χ3v) is 15.6. The molecule has 23 heteroatoms. The molecule has 4 aromatic carbocycles. The lowest BCUT2D eigenvalue weighted by molar-refractivity contribution is 0.00578. The lowest BCUT2D eigenvalue weighted by atomic mass is 9.85. The van der Waals surface area contributed by atoms with Crippen LogP contribution in [0.5, 0.6) is 0 Å². The fraction of sp³-hybridized carbons (Fsp3) is 0.155. The van der Waals surface area contributed by atoms with Gasteiger partial charge in [-0.15, -0.1) is 0 Å². The second kappa shape index (κ2) is 25.5. The van der Waals surface area contributed by atoms with Crippen LogP contribution in [-0.2, 0) is 30.5 Å². The number of hydrogen-bond donors (Lipinski definition) is 0. The maximum absolute atomic E-state index is 7.49. The number of rotatable bonds is 3. The van der Waals surface area contributed by atoms with Crippen molar-refractivity contribution in [2.24, 2.45) is 21.1 Å². The quantitative estimate of drug-likeness (QED) is 0.125. The Bertz CT molecular complexity index is 4330. The molecule has 8 heterocycles. The van der Waals surface area contributed by atoms with Crippen molar-refractivity contribution in [3.05, 3.63) is 209 Å². The van der Waals surface area contributed by atoms with Crippen molar-refractivity contribution in [1.82, 2.24) is 49.3 Å². The molecular formula is C58H43BBr3Cl3N14O2. The molecule has 402 valence electrons. The van der Waals surface area contributed by atoms with E-state index >= 15 is 0 Å². The van der Waals surface area contributed by atoms with E-state index in [0.717, 1.165) is 85.1 Å². The zero-order valence-electron chi connectivity index (χ0n) is 44.1. The highest BCUT2D eigenvalue weighted by Crippen LogP contribution is 2.42. The summed E-state index contributed by atoms with van der Waals surface area (Å²) in [5.74, 6) is 0. The van der Waals surface area contributed by atoms with Crippen molar-refractivity contribution in [2.45, 2.75) is 38.9 Å². The van der Waals surface area contributed by atoms with Crippen LogP contribution in [0.15, 0.2) is 148 Å². The van der Waals surface area contributed by atoms with Crippen LogP contribution in [0.4, 0.5) is 22.7 Å². The van der Waals surface area contributed by atoms with Crippen molar-refractivity contribution >= 4 is 162 Å². The Labute approximate surface area is 507 Å². The van der Waals surface area contributed by atoms with Gasteiger partial charge in [-0.3, -0.25) is 34.0 Å². The number of pyridine rings is 4. The Morgan fingerprint density at radius 1 is 0.469 bits per heavy atom. The summed E-state index contributed by atoms with van der Waals surface area (Å²) in [6.45, 7) is 37.2. The monoisotopic (exact) mass is 1320 g/mol. The molecule has 11 aromatic rings. The third-order valence-electron chi connectivity index (χ3n) is 13.1. The van der Waals surface area contributed by atoms with Crippen molar-refractivity contribution in [1.29, 1.82) is 0 Å². The van der Waals surface area contributed by atoms with Gasteiger partial charge in [0.05, 0.1) is 102 Å². The second-order valence-corrected chi connectivity index (χ2v) is 22.5. The number of aryl methyl sites for hydroxylation is 3. The molecule has 1 aliphatic rings. The van der Waals surface area contributed by atoms with Crippen LogP contribution in [0, 0.1) is 26.3 Å². The van der Waals surface area contributed by atoms with Crippen LogP contribution in [-0.4, -0.2) is 67.6 Å². The minimum absolute atomic E-state index is 0.290. The molecule has 0 atom stereocenters. The van der Waals surface area contributed by atoms with Crippen LogP contribution in [0.3, 0.4) is 0 Å². The second-order valence-electron chi connectivity index (χ2n) is 18.7. The van der Waals surface area contributed by atoms with E-state index < -0.39 is 0 Å². The largest absolute Gasteiger partial charge is 0.514 e. The van der Waals surface area contributed by atoms with Gasteiger partial charge in [0.2, 0.25) is 22.7 Å². The zero-order valence-corrected chi connectivity index (χ0v) is 51.2. The van der Waals surface area contributed by atoms with Gasteiger partial charge in [0.15, 0.2) is 0 Å². The summed E-state index contributed by atoms with van der Waals surface area (Å²) in [4.78, 5) is 31.0. The number of benzene rings is 4. The number of nitrogens with zero attached hydrogens (tertiary/aromatic N) is 14. The van der Waals surface area contributed by atoms with E-state index in [1.807, 2.05) is 122 Å². The molecular weight excluding hydrogens is 1280 g/mol. The van der Waals surface area contributed by atoms with Gasteiger partial charge in [-0.1, -0.05) is 97.0 Å². The maximum atomic E-state index is 7.49. The van der Waals surface area contributed by atoms with Crippen LogP contribution >= 0.6 is 82.6 Å². The van der Waals surface area contributed by atoms with Crippen LogP contribution < -0.4 is 5.59 Å². The number of hydrogen-bond acceptors (Lipinski definition) is 9. The highest BCUT2D eigenvalue weighted by Gasteiger charge is 2.52. The molecule has 7 aromatic heterocycles. The predicted molar refractivity (Wildman–Crippen MR) is 333 cm³/mol. The first-order valence-electron chi connectivity index (χ1n) is 24.1. The van der Waals surface area contributed by atoms with Gasteiger partial charge in [-0.25, -0.2) is 19.4 Å². The Hall–Kier alpha value is -7.60. The van der Waals surface area contributed by atoms with Gasteiger partial charge in [0, 0.05) is 99.9 Å². The van der Waals surface area contributed by atoms with Crippen LogP contribution in [0.2, 0.25) is 15.1 Å². The fourth-order valence-electron chi connectivity index (χ4n) is 8.36. The highest BCUT2D eigenvalue weighted by molar-refractivity contribution is 9.11. The van der Waals surface area contributed by atoms with E-state index in [2.05, 4.69) is 102 Å². The van der Waals surface area contributed by atoms with Crippen molar-refractivity contribution in [3.8, 4) is 22.5 Å². The molecule has 12 rings (SSSR count). The molecule has 0 unspecified atom stereocenters. The van der Waals surface area contributed by atoms with E-state index in [1.54, 1.807) is 75.6 Å². The Morgan fingerprint density at radius 3 is 1.37 bits per heavy atom. The van der Waals surface area contributed by atoms with Gasteiger partial charge in [0.25, 0.3) is 0 Å². The molecule has 0 bridgehead atoms. The molecule has 16 nitrogen and oxygen atoms in total. The summed E-state index contributed by atoms with van der Waals surface area (Å²) < 4.78 is 19.5. The van der Waals surface area contributed by atoms with Gasteiger partial charge in [-0.2, -0.15) is 15.3 Å². The number of fused-ring (bicyclic) bond motifs is 4. The maximum Gasteiger partial charge on any atom is 0.514 e. The van der Waals surface area contributed by atoms with Gasteiger partial charge < -0.3 is 9.31 Å². The molecule has 1 saturated heterocycles. The fourth-order valence-corrected chi connectivity index (χ4v) is 10.3. The minimum Gasteiger partial charge on any atom is -0.398 e. The number of halogens is 6. The number of aromatic nitrogens is 10. The lowest BCUT2D eigenvalue weighted by Crippen LogP contribution is -2.41. The first kappa shape index (κ1) is 59.5. The van der Waals surface area contributed by atoms with E-state index in [1.165, 1.54) is 0 Å². The molecule has 0 amide bonds. The average Bonchev–Trinajstić information content (AvgIpc) is 4.45. The standard InChI is InChI=1S/C14H8BrClN4.C14H9ClN4.C10H17BN2O2.C10H4BrClN2.C10H5BrN2/c1-17-13-9(14-11(15)7-19-20(14)2)3-4-12-10(13)5-8(16)6-18-12;1-16-14-10(13-5-6-18-19(13)2)3-4-12-11(14)7-9(15)8-17-12;1-9(2)10(3,4)15-11(14-9)8-6-7-12-13(8)5;1-13-10-7-4-6(12)5-14-9(7)3-2-8(10)11;1-12-10-7-3-2-6-13-9(7)5-4-8(10)11/h3-7H,2H3;3-8H,2H3;6-7H,1-5H3;2-5H;2-6H. The molecule has 0 N–H and O–H groups in total. The minimum atomic E-state index is -0.317. The van der Waals surface area contributed by atoms with E-state index in [0.29, 0.717) is 37.8 Å². The highest BCUT2D eigenvalue weighted by atomic mass is 79.9. The van der Waals surface area contributed by atoms with Crippen molar-refractivity contribution in [2.75, 3.05) is 0 Å². The first-order valence-corrected chi connectivity index (χ1v) is 27.6. The van der Waals surface area contributed by atoms with Crippen molar-refractivity contribution in [3.63, 3.8) is 0 Å². The topological polar surface area (TPSA) is 141 Å². The van der Waals surface area contributed by atoms with Crippen LogP contribution in [0.25, 0.3) is 85.5 Å². The van der Waals surface area contributed by atoms with Gasteiger partial charge in [0.1, 0.15) is 0 Å². The lowest BCUT2D eigenvalue weighted by Gasteiger charge is -2.32. The third kappa shape index (κ3) is 13.0. The van der Waals surface area contributed by atoms with Crippen molar-refractivity contribution < 1.29 is 9.31 Å². The smallest absolute Gasteiger partial charge is 0.398 e. The molecule has 0 radical (unpaired) electrons. The van der Waals surface area contributed by atoms with E-state index in [9.17, 15) is 0 Å². The Morgan fingerprint density at radius 2 is 0.914 bits per heavy atom. The summed E-state index contributed by atoms with van der Waals surface area (Å²) in [5, 5.41) is 17.2.